The number of nitro groups is 1. The Kier molecular flexibility index (Phi) is 7.63. The molecule has 170 valence electrons. The van der Waals surface area contributed by atoms with Gasteiger partial charge in [-0.15, -0.1) is 0 Å². The average Bonchev–Trinajstić information content (AvgIpc) is 2.79. The van der Waals surface area contributed by atoms with Crippen LogP contribution in [0.3, 0.4) is 0 Å². The molecule has 0 saturated carbocycles. The van der Waals surface area contributed by atoms with E-state index in [1.54, 1.807) is 50.2 Å². The SMILES string of the molecule is CC(C)C(=O)Nc1ccc(NC(=O)c2ccc(NCc3ccccc3Cl)c([N+](=O)[O-])c2)cc1. The summed E-state index contributed by atoms with van der Waals surface area (Å²) in [5.41, 5.74) is 2.09. The number of nitro benzene ring substituents is 1. The van der Waals surface area contributed by atoms with Gasteiger partial charge in [0.2, 0.25) is 5.91 Å². The molecule has 0 heterocycles. The zero-order valence-electron chi connectivity index (χ0n) is 18.1. The molecule has 0 aromatic heterocycles. The summed E-state index contributed by atoms with van der Waals surface area (Å²) in [6.45, 7) is 3.88. The molecule has 0 saturated heterocycles. The topological polar surface area (TPSA) is 113 Å². The Bertz CT molecular complexity index is 1180. The molecule has 0 unspecified atom stereocenters. The quantitative estimate of drug-likeness (QED) is 0.291. The van der Waals surface area contributed by atoms with Crippen LogP contribution in [0.1, 0.15) is 29.8 Å². The van der Waals surface area contributed by atoms with Crippen molar-refractivity contribution in [2.45, 2.75) is 20.4 Å². The Hall–Kier alpha value is -3.91. The van der Waals surface area contributed by atoms with Gasteiger partial charge in [-0.1, -0.05) is 43.6 Å². The molecule has 0 aliphatic heterocycles. The summed E-state index contributed by atoms with van der Waals surface area (Å²) in [4.78, 5) is 35.4. The van der Waals surface area contributed by atoms with Crippen molar-refractivity contribution in [1.82, 2.24) is 0 Å². The van der Waals surface area contributed by atoms with E-state index < -0.39 is 10.8 Å². The number of amides is 2. The second kappa shape index (κ2) is 10.6. The Balaban J connectivity index is 1.70. The summed E-state index contributed by atoms with van der Waals surface area (Å²) >= 11 is 6.14. The van der Waals surface area contributed by atoms with Gasteiger partial charge in [0.25, 0.3) is 11.6 Å². The third-order valence-corrected chi connectivity index (χ3v) is 5.19. The highest BCUT2D eigenvalue weighted by Gasteiger charge is 2.18. The fourth-order valence-corrected chi connectivity index (χ4v) is 3.13. The second-order valence-electron chi connectivity index (χ2n) is 7.61. The number of nitrogens with zero attached hydrogens (tertiary/aromatic N) is 1. The predicted molar refractivity (Wildman–Crippen MR) is 130 cm³/mol. The molecule has 33 heavy (non-hydrogen) atoms. The maximum atomic E-state index is 12.6. The van der Waals surface area contributed by atoms with Gasteiger partial charge < -0.3 is 16.0 Å². The van der Waals surface area contributed by atoms with Crippen molar-refractivity contribution in [3.05, 3.63) is 93.0 Å². The summed E-state index contributed by atoms with van der Waals surface area (Å²) in [5.74, 6) is -0.751. The van der Waals surface area contributed by atoms with Gasteiger partial charge >= 0.3 is 0 Å². The Morgan fingerprint density at radius 2 is 1.61 bits per heavy atom. The highest BCUT2D eigenvalue weighted by molar-refractivity contribution is 6.31. The van der Waals surface area contributed by atoms with Crippen LogP contribution in [-0.2, 0) is 11.3 Å². The maximum Gasteiger partial charge on any atom is 0.293 e. The van der Waals surface area contributed by atoms with Crippen molar-refractivity contribution in [2.75, 3.05) is 16.0 Å². The first-order valence-electron chi connectivity index (χ1n) is 10.2. The molecule has 8 nitrogen and oxygen atoms in total. The van der Waals surface area contributed by atoms with Crippen molar-refractivity contribution in [3.8, 4) is 0 Å². The third kappa shape index (κ3) is 6.30. The number of carbonyl (C=O) groups is 2. The fraction of sp³-hybridized carbons (Fsp3) is 0.167. The van der Waals surface area contributed by atoms with Crippen LogP contribution in [-0.4, -0.2) is 16.7 Å². The van der Waals surface area contributed by atoms with Crippen LogP contribution in [0.15, 0.2) is 66.7 Å². The number of nitrogens with one attached hydrogen (secondary N) is 3. The lowest BCUT2D eigenvalue weighted by atomic mass is 10.1. The highest BCUT2D eigenvalue weighted by atomic mass is 35.5. The second-order valence-corrected chi connectivity index (χ2v) is 8.02. The van der Waals surface area contributed by atoms with Crippen molar-refractivity contribution in [3.63, 3.8) is 0 Å². The van der Waals surface area contributed by atoms with Crippen LogP contribution < -0.4 is 16.0 Å². The highest BCUT2D eigenvalue weighted by Crippen LogP contribution is 2.27. The number of benzene rings is 3. The standard InChI is InChI=1S/C24H23ClN4O4/c1-15(2)23(30)27-18-8-10-19(11-9-18)28-24(31)16-7-12-21(22(13-16)29(32)33)26-14-17-5-3-4-6-20(17)25/h3-13,15,26H,14H2,1-2H3,(H,27,30)(H,28,31). The van der Waals surface area contributed by atoms with Crippen molar-refractivity contribution in [2.24, 2.45) is 5.92 Å². The molecule has 0 bridgehead atoms. The number of anilines is 3. The number of rotatable bonds is 8. The van der Waals surface area contributed by atoms with E-state index in [1.807, 2.05) is 12.1 Å². The minimum absolute atomic E-state index is 0.109. The molecule has 0 aliphatic carbocycles. The van der Waals surface area contributed by atoms with Gasteiger partial charge in [0.1, 0.15) is 5.69 Å². The molecule has 3 rings (SSSR count). The van der Waals surface area contributed by atoms with Gasteiger partial charge in [0, 0.05) is 40.5 Å². The van der Waals surface area contributed by atoms with Crippen LogP contribution in [0.2, 0.25) is 5.02 Å². The van der Waals surface area contributed by atoms with E-state index >= 15 is 0 Å². The first-order valence-corrected chi connectivity index (χ1v) is 10.6. The van der Waals surface area contributed by atoms with Crippen molar-refractivity contribution in [1.29, 1.82) is 0 Å². The smallest absolute Gasteiger partial charge is 0.293 e. The summed E-state index contributed by atoms with van der Waals surface area (Å²) in [7, 11) is 0. The van der Waals surface area contributed by atoms with E-state index in [9.17, 15) is 19.7 Å². The molecule has 3 aromatic rings. The Morgan fingerprint density at radius 1 is 0.970 bits per heavy atom. The first-order chi connectivity index (χ1) is 15.7. The van der Waals surface area contributed by atoms with Crippen molar-refractivity contribution < 1.29 is 14.5 Å². The zero-order valence-corrected chi connectivity index (χ0v) is 18.8. The lowest BCUT2D eigenvalue weighted by Crippen LogP contribution is -2.17. The molecule has 3 aromatic carbocycles. The van der Waals surface area contributed by atoms with Gasteiger partial charge in [-0.05, 0) is 48.0 Å². The summed E-state index contributed by atoms with van der Waals surface area (Å²) in [6.07, 6.45) is 0. The van der Waals surface area contributed by atoms with E-state index in [0.717, 1.165) is 5.56 Å². The number of halogens is 1. The normalized spacial score (nSPS) is 10.5. The zero-order chi connectivity index (χ0) is 24.0. The van der Waals surface area contributed by atoms with E-state index in [4.69, 9.17) is 11.6 Å². The monoisotopic (exact) mass is 466 g/mol. The predicted octanol–water partition coefficient (Wildman–Crippen LogP) is 5.71. The molecule has 2 amide bonds. The molecule has 0 fully saturated rings. The molecule has 0 aliphatic rings. The molecule has 0 spiro atoms. The number of hydrogen-bond acceptors (Lipinski definition) is 5. The lowest BCUT2D eigenvalue weighted by Gasteiger charge is -2.11. The first kappa shape index (κ1) is 23.7. The van der Waals surface area contributed by atoms with Crippen LogP contribution in [0.5, 0.6) is 0 Å². The summed E-state index contributed by atoms with van der Waals surface area (Å²) in [6, 6.07) is 18.0. The molecule has 9 heteroatoms. The minimum atomic E-state index is -0.544. The van der Waals surface area contributed by atoms with Gasteiger partial charge in [0.15, 0.2) is 0 Å². The fourth-order valence-electron chi connectivity index (χ4n) is 2.93. The van der Waals surface area contributed by atoms with Crippen LogP contribution in [0.25, 0.3) is 0 Å². The van der Waals surface area contributed by atoms with Gasteiger partial charge in [0.05, 0.1) is 4.92 Å². The van der Waals surface area contributed by atoms with Crippen LogP contribution >= 0.6 is 11.6 Å². The lowest BCUT2D eigenvalue weighted by molar-refractivity contribution is -0.384. The van der Waals surface area contributed by atoms with E-state index in [-0.39, 0.29) is 28.8 Å². The molecular weight excluding hydrogens is 444 g/mol. The Morgan fingerprint density at radius 3 is 2.21 bits per heavy atom. The average molecular weight is 467 g/mol. The van der Waals surface area contributed by atoms with E-state index in [0.29, 0.717) is 22.9 Å². The molecule has 0 radical (unpaired) electrons. The minimum Gasteiger partial charge on any atom is -0.375 e. The maximum absolute atomic E-state index is 12.6. The Labute approximate surface area is 196 Å². The molecule has 3 N–H and O–H groups in total. The van der Waals surface area contributed by atoms with Crippen LogP contribution in [0, 0.1) is 16.0 Å². The van der Waals surface area contributed by atoms with E-state index in [1.165, 1.54) is 18.2 Å². The van der Waals surface area contributed by atoms with Gasteiger partial charge in [-0.2, -0.15) is 0 Å². The number of hydrogen-bond donors (Lipinski definition) is 3. The van der Waals surface area contributed by atoms with Gasteiger partial charge in [-0.25, -0.2) is 0 Å². The third-order valence-electron chi connectivity index (χ3n) is 4.82. The van der Waals surface area contributed by atoms with Crippen LogP contribution in [0.4, 0.5) is 22.7 Å². The summed E-state index contributed by atoms with van der Waals surface area (Å²) < 4.78 is 0. The van der Waals surface area contributed by atoms with Gasteiger partial charge in [-0.3, -0.25) is 19.7 Å². The van der Waals surface area contributed by atoms with Crippen molar-refractivity contribution >= 4 is 46.2 Å². The van der Waals surface area contributed by atoms with E-state index in [2.05, 4.69) is 16.0 Å². The molecular formula is C24H23ClN4O4. The largest absolute Gasteiger partial charge is 0.375 e. The molecule has 0 atom stereocenters. The number of carbonyl (C=O) groups excluding carboxylic acids is 2. The summed E-state index contributed by atoms with van der Waals surface area (Å²) in [5, 5.41) is 20.6.